The van der Waals surface area contributed by atoms with E-state index in [1.807, 2.05) is 42.6 Å². The summed E-state index contributed by atoms with van der Waals surface area (Å²) >= 11 is 1.44. The normalized spacial score (nSPS) is 10.7. The van der Waals surface area contributed by atoms with E-state index in [-0.39, 0.29) is 35.8 Å². The molecule has 1 aromatic heterocycles. The number of benzene rings is 1. The Bertz CT molecular complexity index is 811. The highest BCUT2D eigenvalue weighted by molar-refractivity contribution is 14.0. The van der Waals surface area contributed by atoms with Crippen molar-refractivity contribution in [2.45, 2.75) is 19.8 Å². The molecule has 0 aliphatic carbocycles. The lowest BCUT2D eigenvalue weighted by molar-refractivity contribution is 0.0951. The number of amides is 2. The maximum absolute atomic E-state index is 11.9. The third kappa shape index (κ3) is 9.12. The molecule has 4 N–H and O–H groups in total. The van der Waals surface area contributed by atoms with E-state index in [9.17, 15) is 9.59 Å². The van der Waals surface area contributed by atoms with E-state index in [1.165, 1.54) is 11.3 Å². The first kappa shape index (κ1) is 25.9. The van der Waals surface area contributed by atoms with Crippen LogP contribution < -0.4 is 21.3 Å². The Kier molecular flexibility index (Phi) is 12.8. The number of carbonyl (C=O) groups is 2. The standard InChI is InChI=1S/C21H29N5O2S.HI/c1-3-23-21(25-12-6-11-24-20(28)18-9-5-14-29-18)26-13-10-16-7-4-8-17(15-16)19(27)22-2;/h4-5,7-9,14-15H,3,6,10-13H2,1-2H3,(H,22,27)(H,24,28)(H2,23,25,26);1H. The number of nitrogens with zero attached hydrogens (tertiary/aromatic N) is 1. The maximum atomic E-state index is 11.9. The molecule has 1 heterocycles. The fraction of sp³-hybridized carbons (Fsp3) is 0.381. The van der Waals surface area contributed by atoms with Gasteiger partial charge in [0, 0.05) is 38.8 Å². The van der Waals surface area contributed by atoms with Gasteiger partial charge in [0.1, 0.15) is 0 Å². The monoisotopic (exact) mass is 543 g/mol. The molecule has 0 aliphatic heterocycles. The summed E-state index contributed by atoms with van der Waals surface area (Å²) in [6.07, 6.45) is 1.55. The summed E-state index contributed by atoms with van der Waals surface area (Å²) < 4.78 is 0. The third-order valence-electron chi connectivity index (χ3n) is 4.10. The molecule has 2 rings (SSSR count). The van der Waals surface area contributed by atoms with Crippen LogP contribution in [0.2, 0.25) is 0 Å². The van der Waals surface area contributed by atoms with Gasteiger partial charge >= 0.3 is 0 Å². The van der Waals surface area contributed by atoms with Gasteiger partial charge in [-0.25, -0.2) is 0 Å². The number of thiophene rings is 1. The zero-order chi connectivity index (χ0) is 20.9. The number of rotatable bonds is 10. The van der Waals surface area contributed by atoms with Crippen LogP contribution in [0.3, 0.4) is 0 Å². The summed E-state index contributed by atoms with van der Waals surface area (Å²) in [5, 5.41) is 14.0. The predicted octanol–water partition coefficient (Wildman–Crippen LogP) is 2.64. The van der Waals surface area contributed by atoms with E-state index in [2.05, 4.69) is 26.3 Å². The lowest BCUT2D eigenvalue weighted by atomic mass is 10.1. The molecular weight excluding hydrogens is 513 g/mol. The lowest BCUT2D eigenvalue weighted by Crippen LogP contribution is -2.38. The highest BCUT2D eigenvalue weighted by Crippen LogP contribution is 2.07. The second-order valence-electron chi connectivity index (χ2n) is 6.30. The Labute approximate surface area is 199 Å². The minimum Gasteiger partial charge on any atom is -0.357 e. The Morgan fingerprint density at radius 3 is 2.57 bits per heavy atom. The van der Waals surface area contributed by atoms with Crippen molar-refractivity contribution in [1.82, 2.24) is 21.3 Å². The molecule has 0 aliphatic rings. The lowest BCUT2D eigenvalue weighted by Gasteiger charge is -2.12. The first-order chi connectivity index (χ1) is 14.1. The molecule has 30 heavy (non-hydrogen) atoms. The van der Waals surface area contributed by atoms with Crippen LogP contribution in [0.4, 0.5) is 0 Å². The molecule has 9 heteroatoms. The van der Waals surface area contributed by atoms with Crippen molar-refractivity contribution in [2.75, 3.05) is 33.2 Å². The van der Waals surface area contributed by atoms with Crippen molar-refractivity contribution in [1.29, 1.82) is 0 Å². The largest absolute Gasteiger partial charge is 0.357 e. The van der Waals surface area contributed by atoms with Crippen LogP contribution in [0.15, 0.2) is 46.8 Å². The van der Waals surface area contributed by atoms with E-state index in [1.54, 1.807) is 13.1 Å². The Morgan fingerprint density at radius 1 is 1.03 bits per heavy atom. The highest BCUT2D eigenvalue weighted by Gasteiger charge is 2.05. The SMILES string of the molecule is CCNC(=NCCCNC(=O)c1cccs1)NCCc1cccc(C(=O)NC)c1.I. The van der Waals surface area contributed by atoms with Crippen molar-refractivity contribution >= 4 is 53.1 Å². The predicted molar refractivity (Wildman–Crippen MR) is 134 cm³/mol. The molecule has 2 amide bonds. The molecule has 0 unspecified atom stereocenters. The molecular formula is C21H30IN5O2S. The average Bonchev–Trinajstić information content (AvgIpc) is 3.28. The molecule has 0 spiro atoms. The second-order valence-corrected chi connectivity index (χ2v) is 7.25. The van der Waals surface area contributed by atoms with Gasteiger partial charge < -0.3 is 21.3 Å². The Morgan fingerprint density at radius 2 is 1.87 bits per heavy atom. The number of hydrogen-bond acceptors (Lipinski definition) is 4. The summed E-state index contributed by atoms with van der Waals surface area (Å²) in [6, 6.07) is 11.3. The zero-order valence-corrected chi connectivity index (χ0v) is 20.5. The number of nitrogens with one attached hydrogen (secondary N) is 4. The molecule has 0 saturated heterocycles. The summed E-state index contributed by atoms with van der Waals surface area (Å²) in [6.45, 7) is 4.70. The van der Waals surface area contributed by atoms with Crippen LogP contribution in [0.5, 0.6) is 0 Å². The second kappa shape index (κ2) is 14.8. The minimum absolute atomic E-state index is 0. The van der Waals surface area contributed by atoms with Crippen LogP contribution >= 0.6 is 35.3 Å². The van der Waals surface area contributed by atoms with Crippen LogP contribution in [-0.2, 0) is 6.42 Å². The van der Waals surface area contributed by atoms with Crippen LogP contribution in [0.25, 0.3) is 0 Å². The van der Waals surface area contributed by atoms with Gasteiger partial charge in [-0.1, -0.05) is 18.2 Å². The summed E-state index contributed by atoms with van der Waals surface area (Å²) in [5.74, 6) is 0.633. The first-order valence-electron chi connectivity index (χ1n) is 9.79. The fourth-order valence-corrected chi connectivity index (χ4v) is 3.29. The number of halogens is 1. The van der Waals surface area contributed by atoms with Gasteiger partial charge in [0.2, 0.25) is 0 Å². The van der Waals surface area contributed by atoms with Gasteiger partial charge in [-0.2, -0.15) is 0 Å². The van der Waals surface area contributed by atoms with Crippen molar-refractivity contribution in [3.8, 4) is 0 Å². The van der Waals surface area contributed by atoms with E-state index in [4.69, 9.17) is 0 Å². The summed E-state index contributed by atoms with van der Waals surface area (Å²) in [7, 11) is 1.63. The van der Waals surface area contributed by atoms with E-state index in [0.29, 0.717) is 25.2 Å². The number of carbonyl (C=O) groups excluding carboxylic acids is 2. The van der Waals surface area contributed by atoms with Gasteiger partial charge in [0.15, 0.2) is 5.96 Å². The Hall–Kier alpha value is -2.14. The van der Waals surface area contributed by atoms with Crippen molar-refractivity contribution in [2.24, 2.45) is 4.99 Å². The molecule has 0 fully saturated rings. The molecule has 2 aromatic rings. The summed E-state index contributed by atoms with van der Waals surface area (Å²) in [4.78, 5) is 28.9. The van der Waals surface area contributed by atoms with E-state index in [0.717, 1.165) is 35.8 Å². The smallest absolute Gasteiger partial charge is 0.261 e. The maximum Gasteiger partial charge on any atom is 0.261 e. The van der Waals surface area contributed by atoms with Crippen molar-refractivity contribution < 1.29 is 9.59 Å². The van der Waals surface area contributed by atoms with Gasteiger partial charge in [-0.05, 0) is 48.9 Å². The molecule has 0 bridgehead atoms. The van der Waals surface area contributed by atoms with Crippen LogP contribution in [0, 0.1) is 0 Å². The van der Waals surface area contributed by atoms with E-state index < -0.39 is 0 Å². The number of aliphatic imine (C=N–C) groups is 1. The third-order valence-corrected chi connectivity index (χ3v) is 4.97. The van der Waals surface area contributed by atoms with Gasteiger partial charge in [-0.3, -0.25) is 14.6 Å². The minimum atomic E-state index is -0.0825. The topological polar surface area (TPSA) is 94.6 Å². The molecule has 7 nitrogen and oxygen atoms in total. The van der Waals surface area contributed by atoms with Crippen molar-refractivity contribution in [3.05, 3.63) is 57.8 Å². The van der Waals surface area contributed by atoms with Gasteiger partial charge in [0.05, 0.1) is 4.88 Å². The Balaban J connectivity index is 0.00000450. The molecule has 1 aromatic carbocycles. The van der Waals surface area contributed by atoms with E-state index >= 15 is 0 Å². The highest BCUT2D eigenvalue weighted by atomic mass is 127. The quantitative estimate of drug-likeness (QED) is 0.161. The van der Waals surface area contributed by atoms with Crippen LogP contribution in [0.1, 0.15) is 38.9 Å². The molecule has 0 atom stereocenters. The molecule has 0 saturated carbocycles. The fourth-order valence-electron chi connectivity index (χ4n) is 2.65. The number of guanidine groups is 1. The van der Waals surface area contributed by atoms with Crippen LogP contribution in [-0.4, -0.2) is 51.0 Å². The molecule has 164 valence electrons. The van der Waals surface area contributed by atoms with Gasteiger partial charge in [-0.15, -0.1) is 35.3 Å². The van der Waals surface area contributed by atoms with Gasteiger partial charge in [0.25, 0.3) is 11.8 Å². The zero-order valence-electron chi connectivity index (χ0n) is 17.4. The first-order valence-corrected chi connectivity index (χ1v) is 10.7. The number of hydrogen-bond donors (Lipinski definition) is 4. The average molecular weight is 543 g/mol. The molecule has 0 radical (unpaired) electrons. The summed E-state index contributed by atoms with van der Waals surface area (Å²) in [5.41, 5.74) is 1.75. The van der Waals surface area contributed by atoms with Crippen molar-refractivity contribution in [3.63, 3.8) is 0 Å².